The fourth-order valence-corrected chi connectivity index (χ4v) is 13.8. The van der Waals surface area contributed by atoms with Gasteiger partial charge >= 0.3 is 112 Å². The molecule has 0 saturated heterocycles. The summed E-state index contributed by atoms with van der Waals surface area (Å²) in [6.07, 6.45) is 18.5. The average molecular weight is 871 g/mol. The molecule has 4 aromatic rings. The molecule has 0 radical (unpaired) electrons. The van der Waals surface area contributed by atoms with Gasteiger partial charge in [0, 0.05) is 8.07 Å². The maximum atomic E-state index is 3.87. The summed E-state index contributed by atoms with van der Waals surface area (Å²) in [4.78, 5) is 0. The molecule has 2 aliphatic rings. The van der Waals surface area contributed by atoms with Crippen molar-refractivity contribution in [3.8, 4) is 11.1 Å². The van der Waals surface area contributed by atoms with Crippen LogP contribution in [-0.2, 0) is 43.5 Å². The van der Waals surface area contributed by atoms with Crippen molar-refractivity contribution in [2.24, 2.45) is 0 Å². The van der Waals surface area contributed by atoms with Crippen molar-refractivity contribution in [2.75, 3.05) is 0 Å². The molecule has 288 valence electrons. The molecule has 0 N–H and O–H groups in total. The van der Waals surface area contributed by atoms with Crippen molar-refractivity contribution in [1.29, 1.82) is 0 Å². The van der Waals surface area contributed by atoms with Gasteiger partial charge in [-0.05, 0) is 42.0 Å². The van der Waals surface area contributed by atoms with E-state index >= 15 is 0 Å². The van der Waals surface area contributed by atoms with Crippen molar-refractivity contribution in [3.63, 3.8) is 0 Å². The Bertz CT molecular complexity index is 1680. The standard InChI is InChI=1S/C29H45Si2.C15H14.C5H5.2ClH.Zr/c1-11-13-28(30(5,6)7)24-18-26-22(15-20(24)3)17-23-16-21(4)25(19-27(23)26)29(14-12-2)31(8,9)10;1-3-8-14(9-4-1)12-7-13-15-10-5-2-6-11-15;1-2-4-5-3-1;;;/h15,18-19,28-29H,11-14,17H2,1-10H3;1-6,8-11H,12-13H2;1-3H,4H2;2*1H;/q-1;;-1;;;+2/p-2. The van der Waals surface area contributed by atoms with Crippen LogP contribution in [0.5, 0.6) is 0 Å². The first-order valence-electron chi connectivity index (χ1n) is 19.8. The van der Waals surface area contributed by atoms with Crippen LogP contribution in [0.1, 0.15) is 102 Å². The van der Waals surface area contributed by atoms with Crippen molar-refractivity contribution in [2.45, 2.75) is 129 Å². The first-order chi connectivity index (χ1) is 24.7. The Kier molecular flexibility index (Phi) is 20.3. The van der Waals surface area contributed by atoms with Gasteiger partial charge in [-0.25, -0.2) is 12.2 Å². The molecule has 6 rings (SSSR count). The van der Waals surface area contributed by atoms with Gasteiger partial charge in [-0.15, -0.1) is 17.5 Å². The molecule has 2 atom stereocenters. The van der Waals surface area contributed by atoms with E-state index in [-0.39, 0.29) is 24.8 Å². The molecular formula is C49H64Cl2Si2Zr-2. The van der Waals surface area contributed by atoms with Crippen molar-refractivity contribution in [3.05, 3.63) is 154 Å². The van der Waals surface area contributed by atoms with E-state index in [9.17, 15) is 0 Å². The van der Waals surface area contributed by atoms with Gasteiger partial charge in [-0.2, -0.15) is 29.3 Å². The zero-order valence-corrected chi connectivity index (χ0v) is 40.8. The molecule has 0 saturated carbocycles. The van der Waals surface area contributed by atoms with Gasteiger partial charge in [0.15, 0.2) is 0 Å². The Morgan fingerprint density at radius 2 is 1.20 bits per heavy atom. The second-order valence-electron chi connectivity index (χ2n) is 17.1. The van der Waals surface area contributed by atoms with Crippen LogP contribution < -0.4 is 24.8 Å². The van der Waals surface area contributed by atoms with Gasteiger partial charge in [0.2, 0.25) is 0 Å². The van der Waals surface area contributed by atoms with Crippen LogP contribution in [0.2, 0.25) is 39.3 Å². The molecule has 0 aromatic heterocycles. The van der Waals surface area contributed by atoms with Gasteiger partial charge in [-0.1, -0.05) is 103 Å². The van der Waals surface area contributed by atoms with Crippen molar-refractivity contribution >= 4 is 19.4 Å². The molecule has 5 heteroatoms. The van der Waals surface area contributed by atoms with E-state index in [1.165, 1.54) is 70.2 Å². The predicted molar refractivity (Wildman–Crippen MR) is 232 cm³/mol. The number of fused-ring (bicyclic) bond motifs is 3. The summed E-state index contributed by atoms with van der Waals surface area (Å²) < 4.78 is 1.60. The molecule has 0 nitrogen and oxygen atoms in total. The topological polar surface area (TPSA) is 0 Å². The van der Waals surface area contributed by atoms with E-state index in [4.69, 9.17) is 0 Å². The number of aryl methyl sites for hydroxylation is 2. The minimum atomic E-state index is -1.29. The number of hydrogen-bond acceptors (Lipinski definition) is 0. The van der Waals surface area contributed by atoms with E-state index in [2.05, 4.69) is 164 Å². The molecule has 0 spiro atoms. The zero-order valence-electron chi connectivity index (χ0n) is 34.8. The number of halogens is 2. The summed E-state index contributed by atoms with van der Waals surface area (Å²) in [7, 11) is -2.57. The molecule has 0 fully saturated rings. The number of allylic oxidation sites excluding steroid dienone is 4. The van der Waals surface area contributed by atoms with E-state index < -0.39 is 16.1 Å². The quantitative estimate of drug-likeness (QED) is 0.0892. The number of benzene rings is 4. The van der Waals surface area contributed by atoms with Crippen molar-refractivity contribution in [1.82, 2.24) is 0 Å². The molecule has 54 heavy (non-hydrogen) atoms. The van der Waals surface area contributed by atoms with Crippen LogP contribution in [0.3, 0.4) is 0 Å². The molecule has 0 aliphatic heterocycles. The van der Waals surface area contributed by atoms with Gasteiger partial charge in [0.1, 0.15) is 0 Å². The van der Waals surface area contributed by atoms with Gasteiger partial charge in [0.05, 0.1) is 8.07 Å². The molecule has 2 aliphatic carbocycles. The van der Waals surface area contributed by atoms with E-state index in [0.29, 0.717) is 0 Å². The normalized spacial score (nSPS) is 13.6. The van der Waals surface area contributed by atoms with Crippen LogP contribution in [0.15, 0.2) is 97.1 Å². The monoisotopic (exact) mass is 868 g/mol. The Balaban J connectivity index is 0.000000364. The molecule has 0 heterocycles. The third-order valence-electron chi connectivity index (χ3n) is 10.6. The maximum absolute atomic E-state index is 3.87. The Morgan fingerprint density at radius 1 is 0.704 bits per heavy atom. The fourth-order valence-electron chi connectivity index (χ4n) is 7.98. The van der Waals surface area contributed by atoms with Crippen LogP contribution in [0.4, 0.5) is 0 Å². The second kappa shape index (κ2) is 22.8. The van der Waals surface area contributed by atoms with Crippen LogP contribution in [0, 0.1) is 26.0 Å². The van der Waals surface area contributed by atoms with Crippen LogP contribution >= 0.6 is 0 Å². The van der Waals surface area contributed by atoms with E-state index in [0.717, 1.165) is 36.8 Å². The van der Waals surface area contributed by atoms with Gasteiger partial charge < -0.3 is 24.8 Å². The summed E-state index contributed by atoms with van der Waals surface area (Å²) in [5, 5.41) is 0. The predicted octanol–water partition coefficient (Wildman–Crippen LogP) is 7.70. The van der Waals surface area contributed by atoms with Gasteiger partial charge in [0.25, 0.3) is 0 Å². The average Bonchev–Trinajstić information content (AvgIpc) is 3.78. The zero-order chi connectivity index (χ0) is 37.9. The van der Waals surface area contributed by atoms with Gasteiger partial charge in [-0.3, -0.25) is 6.08 Å². The summed E-state index contributed by atoms with van der Waals surface area (Å²) in [5.41, 5.74) is 16.4. The Morgan fingerprint density at radius 3 is 1.63 bits per heavy atom. The summed E-state index contributed by atoms with van der Waals surface area (Å²) in [5.74, 6) is 0. The molecule has 2 unspecified atom stereocenters. The van der Waals surface area contributed by atoms with E-state index in [1.807, 2.05) is 12.2 Å². The molecule has 4 aromatic carbocycles. The summed E-state index contributed by atoms with van der Waals surface area (Å²) >= 11 is 1.55. The van der Waals surface area contributed by atoms with Crippen LogP contribution in [-0.4, -0.2) is 19.4 Å². The second-order valence-corrected chi connectivity index (χ2v) is 29.7. The summed E-state index contributed by atoms with van der Waals surface area (Å²) in [6.45, 7) is 24.6. The third kappa shape index (κ3) is 13.9. The Labute approximate surface area is 359 Å². The fraction of sp³-hybridized carbons (Fsp3) is 0.408. The third-order valence-corrected chi connectivity index (χ3v) is 16.9. The summed E-state index contributed by atoms with van der Waals surface area (Å²) in [6, 6.07) is 33.0. The molecular weight excluding hydrogens is 807 g/mol. The van der Waals surface area contributed by atoms with Crippen LogP contribution in [0.25, 0.3) is 11.1 Å². The molecule has 0 bridgehead atoms. The van der Waals surface area contributed by atoms with Crippen molar-refractivity contribution < 1.29 is 49.0 Å². The number of rotatable bonds is 12. The first kappa shape index (κ1) is 48.3. The first-order valence-corrected chi connectivity index (χ1v) is 28.2. The Hall–Kier alpha value is -1.87. The molecule has 0 amide bonds. The minimum absolute atomic E-state index is 0. The SMILES string of the molecule is CCCC(c1cc2c([c-]c1C)Cc1cc(C)c(C(CCC)[Si](C)(C)C)cc1-2)[Si](C)(C)C.[C-]1=CC=CC1.[Cl-].[Cl-].[Zr+2]=[C](Cc1ccccc1)Cc1ccccc1. The van der Waals surface area contributed by atoms with E-state index in [1.54, 1.807) is 38.6 Å². The number of hydrogen-bond donors (Lipinski definition) is 0.